The summed E-state index contributed by atoms with van der Waals surface area (Å²) in [5, 5.41) is 10.5. The second-order valence-electron chi connectivity index (χ2n) is 5.66. The van der Waals surface area contributed by atoms with Gasteiger partial charge in [-0.1, -0.05) is 24.3 Å². The number of pyridine rings is 1. The van der Waals surface area contributed by atoms with E-state index in [0.29, 0.717) is 17.0 Å². The maximum Gasteiger partial charge on any atom is 0.306 e. The van der Waals surface area contributed by atoms with Gasteiger partial charge in [-0.05, 0) is 18.2 Å². The van der Waals surface area contributed by atoms with Gasteiger partial charge in [0.2, 0.25) is 5.88 Å². The number of hydrogen-bond donors (Lipinski definition) is 1. The summed E-state index contributed by atoms with van der Waals surface area (Å²) in [5.74, 6) is -1.20. The quantitative estimate of drug-likeness (QED) is 0.706. The summed E-state index contributed by atoms with van der Waals surface area (Å²) in [6.07, 6.45) is 1.42. The van der Waals surface area contributed by atoms with Gasteiger partial charge in [-0.15, -0.1) is 0 Å². The van der Waals surface area contributed by atoms with Crippen LogP contribution in [-0.4, -0.2) is 34.7 Å². The smallest absolute Gasteiger partial charge is 0.306 e. The first-order valence-corrected chi connectivity index (χ1v) is 7.96. The van der Waals surface area contributed by atoms with E-state index in [-0.39, 0.29) is 12.0 Å². The van der Waals surface area contributed by atoms with Gasteiger partial charge in [0.1, 0.15) is 11.4 Å². The molecule has 0 saturated heterocycles. The van der Waals surface area contributed by atoms with Crippen molar-refractivity contribution < 1.29 is 19.4 Å². The monoisotopic (exact) mass is 354 g/mol. The highest BCUT2D eigenvalue weighted by Gasteiger charge is 2.28. The molecular formula is C19H18N2O5. The molecule has 0 saturated carbocycles. The molecule has 0 aliphatic heterocycles. The third kappa shape index (κ3) is 3.11. The number of carbonyl (C=O) groups excluding carboxylic acids is 1. The van der Waals surface area contributed by atoms with Crippen molar-refractivity contribution >= 4 is 11.6 Å². The SMILES string of the molecule is COC(=O)C[C@H](c1ccccc1OC)c1c(O)nc2ccccn2c1=O. The number of benzene rings is 1. The van der Waals surface area contributed by atoms with Crippen LogP contribution in [0.25, 0.3) is 5.65 Å². The van der Waals surface area contributed by atoms with Crippen LogP contribution in [0.2, 0.25) is 0 Å². The van der Waals surface area contributed by atoms with Crippen molar-refractivity contribution in [3.8, 4) is 11.6 Å². The second-order valence-corrected chi connectivity index (χ2v) is 5.66. The van der Waals surface area contributed by atoms with Gasteiger partial charge in [0.15, 0.2) is 0 Å². The van der Waals surface area contributed by atoms with Crippen LogP contribution in [-0.2, 0) is 9.53 Å². The van der Waals surface area contributed by atoms with E-state index >= 15 is 0 Å². The van der Waals surface area contributed by atoms with Crippen molar-refractivity contribution in [3.63, 3.8) is 0 Å². The van der Waals surface area contributed by atoms with Crippen LogP contribution in [0.3, 0.4) is 0 Å². The number of fused-ring (bicyclic) bond motifs is 1. The molecule has 0 aliphatic rings. The molecular weight excluding hydrogens is 336 g/mol. The summed E-state index contributed by atoms with van der Waals surface area (Å²) >= 11 is 0. The molecule has 1 atom stereocenters. The van der Waals surface area contributed by atoms with E-state index in [1.54, 1.807) is 48.7 Å². The van der Waals surface area contributed by atoms with E-state index in [9.17, 15) is 14.7 Å². The largest absolute Gasteiger partial charge is 0.496 e. The van der Waals surface area contributed by atoms with E-state index < -0.39 is 23.3 Å². The lowest BCUT2D eigenvalue weighted by atomic mass is 9.89. The highest BCUT2D eigenvalue weighted by Crippen LogP contribution is 2.36. The molecule has 134 valence electrons. The van der Waals surface area contributed by atoms with Crippen molar-refractivity contribution in [2.45, 2.75) is 12.3 Å². The molecule has 0 radical (unpaired) electrons. The third-order valence-corrected chi connectivity index (χ3v) is 4.21. The molecule has 0 amide bonds. The second kappa shape index (κ2) is 7.26. The minimum Gasteiger partial charge on any atom is -0.496 e. The lowest BCUT2D eigenvalue weighted by molar-refractivity contribution is -0.140. The lowest BCUT2D eigenvalue weighted by Crippen LogP contribution is -2.24. The summed E-state index contributed by atoms with van der Waals surface area (Å²) in [5.41, 5.74) is 0.470. The Hall–Kier alpha value is -3.35. The summed E-state index contributed by atoms with van der Waals surface area (Å²) in [4.78, 5) is 29.1. The van der Waals surface area contributed by atoms with Crippen LogP contribution in [0.5, 0.6) is 11.6 Å². The lowest BCUT2D eigenvalue weighted by Gasteiger charge is -2.19. The van der Waals surface area contributed by atoms with Crippen molar-refractivity contribution in [1.82, 2.24) is 9.38 Å². The van der Waals surface area contributed by atoms with E-state index in [1.807, 2.05) is 0 Å². The van der Waals surface area contributed by atoms with Crippen LogP contribution in [0.4, 0.5) is 0 Å². The highest BCUT2D eigenvalue weighted by atomic mass is 16.5. The molecule has 7 heteroatoms. The Morgan fingerprint density at radius 2 is 1.92 bits per heavy atom. The fourth-order valence-corrected chi connectivity index (χ4v) is 2.97. The Morgan fingerprint density at radius 3 is 2.65 bits per heavy atom. The van der Waals surface area contributed by atoms with Gasteiger partial charge >= 0.3 is 5.97 Å². The first-order valence-electron chi connectivity index (χ1n) is 7.96. The highest BCUT2D eigenvalue weighted by molar-refractivity contribution is 5.72. The maximum absolute atomic E-state index is 13.0. The van der Waals surface area contributed by atoms with Crippen LogP contribution >= 0.6 is 0 Å². The minimum atomic E-state index is -0.768. The molecule has 2 aromatic heterocycles. The molecule has 1 aromatic carbocycles. The fraction of sp³-hybridized carbons (Fsp3) is 0.211. The maximum atomic E-state index is 13.0. The first kappa shape index (κ1) is 17.5. The number of hydrogen-bond acceptors (Lipinski definition) is 6. The number of carbonyl (C=O) groups is 1. The number of ether oxygens (including phenoxy) is 2. The summed E-state index contributed by atoms with van der Waals surface area (Å²) in [6.45, 7) is 0. The number of methoxy groups -OCH3 is 2. The van der Waals surface area contributed by atoms with Gasteiger partial charge in [0.05, 0.1) is 26.2 Å². The third-order valence-electron chi connectivity index (χ3n) is 4.21. The molecule has 0 aliphatic carbocycles. The van der Waals surface area contributed by atoms with Gasteiger partial charge < -0.3 is 14.6 Å². The average Bonchev–Trinajstić information content (AvgIpc) is 2.67. The van der Waals surface area contributed by atoms with Crippen molar-refractivity contribution in [2.75, 3.05) is 14.2 Å². The van der Waals surface area contributed by atoms with Crippen molar-refractivity contribution in [3.05, 3.63) is 70.1 Å². The number of aromatic nitrogens is 2. The molecule has 2 heterocycles. The molecule has 3 aromatic rings. The predicted octanol–water partition coefficient (Wildman–Crippen LogP) is 2.10. The fourth-order valence-electron chi connectivity index (χ4n) is 2.97. The van der Waals surface area contributed by atoms with E-state index in [2.05, 4.69) is 4.98 Å². The zero-order valence-corrected chi connectivity index (χ0v) is 14.4. The van der Waals surface area contributed by atoms with Gasteiger partial charge in [-0.25, -0.2) is 0 Å². The molecule has 0 spiro atoms. The number of nitrogens with zero attached hydrogens (tertiary/aromatic N) is 2. The Morgan fingerprint density at radius 1 is 1.19 bits per heavy atom. The Bertz CT molecular complexity index is 1010. The number of para-hydroxylation sites is 1. The summed E-state index contributed by atoms with van der Waals surface area (Å²) < 4.78 is 11.5. The topological polar surface area (TPSA) is 90.1 Å². The van der Waals surface area contributed by atoms with E-state index in [4.69, 9.17) is 9.47 Å². The average molecular weight is 354 g/mol. The summed E-state index contributed by atoms with van der Waals surface area (Å²) in [7, 11) is 2.77. The zero-order chi connectivity index (χ0) is 18.7. The molecule has 7 nitrogen and oxygen atoms in total. The molecule has 26 heavy (non-hydrogen) atoms. The van der Waals surface area contributed by atoms with Crippen LogP contribution in [0.15, 0.2) is 53.5 Å². The van der Waals surface area contributed by atoms with Gasteiger partial charge in [-0.3, -0.25) is 14.0 Å². The zero-order valence-electron chi connectivity index (χ0n) is 14.4. The van der Waals surface area contributed by atoms with Gasteiger partial charge in [-0.2, -0.15) is 4.98 Å². The Balaban J connectivity index is 2.27. The molecule has 0 bridgehead atoms. The Kier molecular flexibility index (Phi) is 4.88. The van der Waals surface area contributed by atoms with E-state index in [1.165, 1.54) is 18.6 Å². The number of esters is 1. The minimum absolute atomic E-state index is 0.0172. The molecule has 0 fully saturated rings. The molecule has 0 unspecified atom stereocenters. The van der Waals surface area contributed by atoms with Crippen molar-refractivity contribution in [2.24, 2.45) is 0 Å². The van der Waals surface area contributed by atoms with Crippen molar-refractivity contribution in [1.29, 1.82) is 0 Å². The van der Waals surface area contributed by atoms with Gasteiger partial charge in [0.25, 0.3) is 5.56 Å². The molecule has 3 rings (SSSR count). The van der Waals surface area contributed by atoms with Gasteiger partial charge in [0, 0.05) is 17.7 Å². The predicted molar refractivity (Wildman–Crippen MR) is 94.6 cm³/mol. The normalized spacial score (nSPS) is 11.9. The van der Waals surface area contributed by atoms with Crippen LogP contribution < -0.4 is 10.3 Å². The van der Waals surface area contributed by atoms with Crippen LogP contribution in [0, 0.1) is 0 Å². The summed E-state index contributed by atoms with van der Waals surface area (Å²) in [6, 6.07) is 12.0. The van der Waals surface area contributed by atoms with E-state index in [0.717, 1.165) is 0 Å². The Labute approximate surface area is 149 Å². The number of aromatic hydroxyl groups is 1. The number of rotatable bonds is 5. The molecule has 1 N–H and O–H groups in total. The van der Waals surface area contributed by atoms with Crippen LogP contribution in [0.1, 0.15) is 23.5 Å². The first-order chi connectivity index (χ1) is 12.6. The standard InChI is InChI=1S/C19H18N2O5/c1-25-14-8-4-3-7-12(14)13(11-16(22)26-2)17-18(23)20-15-9-5-6-10-21(15)19(17)24/h3-10,13,23H,11H2,1-2H3/t13-/m1/s1.